The molecule has 0 fully saturated rings. The Balaban J connectivity index is 2.36. The molecule has 0 aliphatic heterocycles. The zero-order valence-corrected chi connectivity index (χ0v) is 10.8. The van der Waals surface area contributed by atoms with E-state index < -0.39 is 0 Å². The molecule has 1 unspecified atom stereocenters. The highest BCUT2D eigenvalue weighted by atomic mass is 16.5. The van der Waals surface area contributed by atoms with Crippen LogP contribution in [-0.4, -0.2) is 23.3 Å². The van der Waals surface area contributed by atoms with E-state index in [1.807, 2.05) is 32.0 Å². The molecule has 0 aliphatic rings. The molecule has 0 spiro atoms. The van der Waals surface area contributed by atoms with Gasteiger partial charge in [0, 0.05) is 12.5 Å². The molecule has 1 aromatic heterocycles. The molecule has 96 valence electrons. The fourth-order valence-electron chi connectivity index (χ4n) is 1.72. The number of methoxy groups -OCH3 is 1. The second-order valence-electron chi connectivity index (χ2n) is 4.40. The highest BCUT2D eigenvalue weighted by Crippen LogP contribution is 2.29. The molecule has 18 heavy (non-hydrogen) atoms. The van der Waals surface area contributed by atoms with Crippen molar-refractivity contribution in [3.05, 3.63) is 29.6 Å². The van der Waals surface area contributed by atoms with Crippen molar-refractivity contribution in [2.24, 2.45) is 5.73 Å². The van der Waals surface area contributed by atoms with E-state index in [1.54, 1.807) is 7.11 Å². The van der Waals surface area contributed by atoms with Crippen LogP contribution in [0.3, 0.4) is 0 Å². The summed E-state index contributed by atoms with van der Waals surface area (Å²) in [4.78, 5) is 4.33. The smallest absolute Gasteiger partial charge is 0.261 e. The van der Waals surface area contributed by atoms with Crippen molar-refractivity contribution in [2.45, 2.75) is 26.3 Å². The van der Waals surface area contributed by atoms with Gasteiger partial charge in [0.25, 0.3) is 5.89 Å². The number of ether oxygens (including phenoxy) is 1. The van der Waals surface area contributed by atoms with Crippen LogP contribution in [0.2, 0.25) is 0 Å². The van der Waals surface area contributed by atoms with Crippen molar-refractivity contribution in [2.75, 3.05) is 7.11 Å². The number of benzene rings is 1. The van der Waals surface area contributed by atoms with Crippen molar-refractivity contribution in [1.29, 1.82) is 0 Å². The van der Waals surface area contributed by atoms with Crippen LogP contribution in [0.4, 0.5) is 0 Å². The Morgan fingerprint density at radius 3 is 2.89 bits per heavy atom. The monoisotopic (exact) mass is 247 g/mol. The van der Waals surface area contributed by atoms with Gasteiger partial charge in [0.15, 0.2) is 5.82 Å². The van der Waals surface area contributed by atoms with Crippen molar-refractivity contribution >= 4 is 0 Å². The van der Waals surface area contributed by atoms with Gasteiger partial charge >= 0.3 is 0 Å². The minimum absolute atomic E-state index is 0.00913. The van der Waals surface area contributed by atoms with Gasteiger partial charge in [-0.3, -0.25) is 0 Å². The van der Waals surface area contributed by atoms with Crippen LogP contribution in [0.1, 0.15) is 18.3 Å². The first-order chi connectivity index (χ1) is 8.60. The number of aromatic nitrogens is 2. The van der Waals surface area contributed by atoms with E-state index in [1.165, 1.54) is 0 Å². The minimum atomic E-state index is 0.00913. The molecule has 5 heteroatoms. The van der Waals surface area contributed by atoms with Gasteiger partial charge in [-0.05, 0) is 26.0 Å². The third-order valence-corrected chi connectivity index (χ3v) is 2.56. The van der Waals surface area contributed by atoms with Gasteiger partial charge in [-0.15, -0.1) is 0 Å². The van der Waals surface area contributed by atoms with Crippen LogP contribution in [0.5, 0.6) is 5.75 Å². The van der Waals surface area contributed by atoms with E-state index in [4.69, 9.17) is 15.0 Å². The maximum Gasteiger partial charge on any atom is 0.261 e. The molecule has 0 amide bonds. The number of aryl methyl sites for hydroxylation is 1. The number of nitrogens with two attached hydrogens (primary N) is 1. The van der Waals surface area contributed by atoms with Gasteiger partial charge in [-0.1, -0.05) is 16.8 Å². The predicted molar refractivity (Wildman–Crippen MR) is 68.4 cm³/mol. The average Bonchev–Trinajstić information content (AvgIpc) is 2.76. The number of hydrogen-bond donors (Lipinski definition) is 1. The van der Waals surface area contributed by atoms with Crippen LogP contribution in [0.15, 0.2) is 22.7 Å². The van der Waals surface area contributed by atoms with Gasteiger partial charge in [-0.2, -0.15) is 4.98 Å². The standard InChI is InChI=1S/C13H17N3O2/c1-8-4-5-11(17-3)10(6-8)13-15-12(16-18-13)7-9(2)14/h4-6,9H,7,14H2,1-3H3. The van der Waals surface area contributed by atoms with E-state index in [9.17, 15) is 0 Å². The lowest BCUT2D eigenvalue weighted by atomic mass is 10.1. The number of rotatable bonds is 4. The Morgan fingerprint density at radius 2 is 2.22 bits per heavy atom. The summed E-state index contributed by atoms with van der Waals surface area (Å²) >= 11 is 0. The topological polar surface area (TPSA) is 74.2 Å². The first kappa shape index (κ1) is 12.6. The van der Waals surface area contributed by atoms with Gasteiger partial charge in [0.1, 0.15) is 5.75 Å². The van der Waals surface area contributed by atoms with Crippen molar-refractivity contribution in [3.8, 4) is 17.2 Å². The Bertz CT molecular complexity index is 535. The molecule has 1 heterocycles. The molecular weight excluding hydrogens is 230 g/mol. The normalized spacial score (nSPS) is 12.4. The lowest BCUT2D eigenvalue weighted by molar-refractivity contribution is 0.402. The van der Waals surface area contributed by atoms with Gasteiger partial charge in [0.2, 0.25) is 0 Å². The molecular formula is C13H17N3O2. The lowest BCUT2D eigenvalue weighted by Crippen LogP contribution is -2.18. The SMILES string of the molecule is COc1ccc(C)cc1-c1nc(CC(C)N)no1. The summed E-state index contributed by atoms with van der Waals surface area (Å²) in [6, 6.07) is 5.83. The van der Waals surface area contributed by atoms with E-state index in [2.05, 4.69) is 10.1 Å². The summed E-state index contributed by atoms with van der Waals surface area (Å²) in [5.74, 6) is 1.80. The van der Waals surface area contributed by atoms with Gasteiger partial charge in [-0.25, -0.2) is 0 Å². The summed E-state index contributed by atoms with van der Waals surface area (Å²) in [5.41, 5.74) is 7.62. The molecule has 2 aromatic rings. The summed E-state index contributed by atoms with van der Waals surface area (Å²) in [6.07, 6.45) is 0.595. The molecule has 1 aromatic carbocycles. The molecule has 2 N–H and O–H groups in total. The molecule has 2 rings (SSSR count). The maximum absolute atomic E-state index is 5.71. The quantitative estimate of drug-likeness (QED) is 0.893. The van der Waals surface area contributed by atoms with E-state index >= 15 is 0 Å². The molecule has 0 saturated heterocycles. The van der Waals surface area contributed by atoms with Crippen LogP contribution >= 0.6 is 0 Å². The fourth-order valence-corrected chi connectivity index (χ4v) is 1.72. The van der Waals surface area contributed by atoms with E-state index in [0.717, 1.165) is 16.9 Å². The summed E-state index contributed by atoms with van der Waals surface area (Å²) in [6.45, 7) is 3.91. The number of hydrogen-bond acceptors (Lipinski definition) is 5. The third kappa shape index (κ3) is 2.68. The van der Waals surface area contributed by atoms with Crippen molar-refractivity contribution < 1.29 is 9.26 Å². The minimum Gasteiger partial charge on any atom is -0.496 e. The van der Waals surface area contributed by atoms with Crippen LogP contribution in [-0.2, 0) is 6.42 Å². The Hall–Kier alpha value is -1.88. The average molecular weight is 247 g/mol. The summed E-state index contributed by atoms with van der Waals surface area (Å²) in [5, 5.41) is 3.92. The first-order valence-electron chi connectivity index (χ1n) is 5.83. The van der Waals surface area contributed by atoms with E-state index in [-0.39, 0.29) is 6.04 Å². The molecule has 0 aliphatic carbocycles. The Labute approximate surface area is 106 Å². The highest BCUT2D eigenvalue weighted by Gasteiger charge is 2.14. The van der Waals surface area contributed by atoms with E-state index in [0.29, 0.717) is 18.1 Å². The zero-order chi connectivity index (χ0) is 13.1. The van der Waals surface area contributed by atoms with Crippen molar-refractivity contribution in [1.82, 2.24) is 10.1 Å². The summed E-state index contributed by atoms with van der Waals surface area (Å²) in [7, 11) is 1.62. The largest absolute Gasteiger partial charge is 0.496 e. The van der Waals surface area contributed by atoms with Crippen molar-refractivity contribution in [3.63, 3.8) is 0 Å². The Kier molecular flexibility index (Phi) is 3.62. The highest BCUT2D eigenvalue weighted by molar-refractivity contribution is 5.63. The van der Waals surface area contributed by atoms with Crippen LogP contribution in [0.25, 0.3) is 11.5 Å². The molecule has 0 bridgehead atoms. The number of nitrogens with zero attached hydrogens (tertiary/aromatic N) is 2. The second-order valence-corrected chi connectivity index (χ2v) is 4.40. The molecule has 0 radical (unpaired) electrons. The zero-order valence-electron chi connectivity index (χ0n) is 10.8. The Morgan fingerprint density at radius 1 is 1.44 bits per heavy atom. The molecule has 5 nitrogen and oxygen atoms in total. The van der Waals surface area contributed by atoms with Crippen LogP contribution in [0, 0.1) is 6.92 Å². The fraction of sp³-hybridized carbons (Fsp3) is 0.385. The molecule has 1 atom stereocenters. The molecule has 0 saturated carbocycles. The lowest BCUT2D eigenvalue weighted by Gasteiger charge is -2.05. The maximum atomic E-state index is 5.71. The summed E-state index contributed by atoms with van der Waals surface area (Å²) < 4.78 is 10.5. The van der Waals surface area contributed by atoms with Crippen LogP contribution < -0.4 is 10.5 Å². The first-order valence-corrected chi connectivity index (χ1v) is 5.83. The van der Waals surface area contributed by atoms with Gasteiger partial charge in [0.05, 0.1) is 12.7 Å². The third-order valence-electron chi connectivity index (χ3n) is 2.56. The second kappa shape index (κ2) is 5.18. The predicted octanol–water partition coefficient (Wildman–Crippen LogP) is 1.94. The van der Waals surface area contributed by atoms with Gasteiger partial charge < -0.3 is 15.0 Å².